The van der Waals surface area contributed by atoms with Gasteiger partial charge in [-0.15, -0.1) is 0 Å². The molecule has 0 bridgehead atoms. The van der Waals surface area contributed by atoms with Crippen molar-refractivity contribution in [1.29, 1.82) is 0 Å². The standard InChI is InChI=1S/C22H24O2/c1-5-7-15-9-17-13(3)12-24-22-16(8-6-2)10-18-14(4)11-23-21(15)19(18)20(17)22/h9-12H,5-8H2,1-4H3. The third-order valence-electron chi connectivity index (χ3n) is 5.06. The summed E-state index contributed by atoms with van der Waals surface area (Å²) in [6, 6.07) is 4.63. The predicted octanol–water partition coefficient (Wildman–Crippen LogP) is 6.25. The van der Waals surface area contributed by atoms with Gasteiger partial charge in [-0.3, -0.25) is 0 Å². The molecule has 2 aliphatic rings. The Morgan fingerprint density at radius 3 is 1.50 bits per heavy atom. The molecular weight excluding hydrogens is 296 g/mol. The van der Waals surface area contributed by atoms with Crippen molar-refractivity contribution in [2.45, 2.75) is 53.4 Å². The number of aryl methyl sites for hydroxylation is 2. The molecule has 0 unspecified atom stereocenters. The minimum atomic E-state index is 1.03. The highest BCUT2D eigenvalue weighted by Gasteiger charge is 2.27. The Balaban J connectivity index is 2.15. The van der Waals surface area contributed by atoms with E-state index in [0.29, 0.717) is 0 Å². The second-order valence-corrected chi connectivity index (χ2v) is 6.91. The Kier molecular flexibility index (Phi) is 3.64. The molecule has 0 amide bonds. The highest BCUT2D eigenvalue weighted by atomic mass is 16.5. The number of allylic oxidation sites excluding steroid dienone is 2. The van der Waals surface area contributed by atoms with E-state index in [1.54, 1.807) is 0 Å². The maximum absolute atomic E-state index is 6.07. The Hall–Kier alpha value is -2.22. The van der Waals surface area contributed by atoms with Crippen molar-refractivity contribution >= 4 is 21.9 Å². The zero-order valence-electron chi connectivity index (χ0n) is 15.0. The van der Waals surface area contributed by atoms with Crippen LogP contribution < -0.4 is 9.47 Å². The van der Waals surface area contributed by atoms with E-state index in [9.17, 15) is 0 Å². The Labute approximate surface area is 143 Å². The van der Waals surface area contributed by atoms with E-state index in [1.165, 1.54) is 44.2 Å². The Morgan fingerprint density at radius 1 is 0.708 bits per heavy atom. The summed E-state index contributed by atoms with van der Waals surface area (Å²) in [5.41, 5.74) is 7.59. The molecule has 0 spiro atoms. The van der Waals surface area contributed by atoms with Gasteiger partial charge < -0.3 is 9.47 Å². The first-order valence-electron chi connectivity index (χ1n) is 8.98. The molecule has 2 aromatic carbocycles. The maximum Gasteiger partial charge on any atom is 0.138 e. The van der Waals surface area contributed by atoms with E-state index in [2.05, 4.69) is 39.8 Å². The minimum Gasteiger partial charge on any atom is -0.464 e. The molecule has 2 aromatic rings. The van der Waals surface area contributed by atoms with E-state index in [0.717, 1.165) is 37.2 Å². The van der Waals surface area contributed by atoms with Crippen molar-refractivity contribution in [2.24, 2.45) is 0 Å². The lowest BCUT2D eigenvalue weighted by Gasteiger charge is -2.27. The predicted molar refractivity (Wildman–Crippen MR) is 100 cm³/mol. The van der Waals surface area contributed by atoms with Crippen molar-refractivity contribution in [3.05, 3.63) is 46.9 Å². The minimum absolute atomic E-state index is 1.03. The van der Waals surface area contributed by atoms with E-state index in [-0.39, 0.29) is 0 Å². The number of hydrogen-bond acceptors (Lipinski definition) is 2. The molecule has 0 aromatic heterocycles. The van der Waals surface area contributed by atoms with Gasteiger partial charge in [-0.1, -0.05) is 26.7 Å². The van der Waals surface area contributed by atoms with E-state index in [1.807, 2.05) is 12.5 Å². The van der Waals surface area contributed by atoms with Gasteiger partial charge in [0.25, 0.3) is 0 Å². The fraction of sp³-hybridized carbons (Fsp3) is 0.364. The summed E-state index contributed by atoms with van der Waals surface area (Å²) >= 11 is 0. The monoisotopic (exact) mass is 320 g/mol. The first-order chi connectivity index (χ1) is 11.7. The number of hydrogen-bond donors (Lipinski definition) is 0. The molecule has 0 N–H and O–H groups in total. The fourth-order valence-corrected chi connectivity index (χ4v) is 3.91. The third kappa shape index (κ3) is 2.09. The van der Waals surface area contributed by atoms with Gasteiger partial charge in [0, 0.05) is 10.8 Å². The Morgan fingerprint density at radius 2 is 1.12 bits per heavy atom. The average Bonchev–Trinajstić information content (AvgIpc) is 2.58. The average molecular weight is 320 g/mol. The molecule has 2 heteroatoms. The van der Waals surface area contributed by atoms with Crippen molar-refractivity contribution in [3.8, 4) is 11.5 Å². The molecule has 2 nitrogen and oxygen atoms in total. The smallest absolute Gasteiger partial charge is 0.138 e. The summed E-state index contributed by atoms with van der Waals surface area (Å²) < 4.78 is 12.1. The van der Waals surface area contributed by atoms with Gasteiger partial charge >= 0.3 is 0 Å². The number of rotatable bonds is 4. The second kappa shape index (κ2) is 5.70. The molecular formula is C22H24O2. The topological polar surface area (TPSA) is 18.5 Å². The summed E-state index contributed by atoms with van der Waals surface area (Å²) in [5, 5.41) is 2.47. The van der Waals surface area contributed by atoms with E-state index in [4.69, 9.17) is 9.47 Å². The molecule has 24 heavy (non-hydrogen) atoms. The maximum atomic E-state index is 6.07. The second-order valence-electron chi connectivity index (χ2n) is 6.91. The highest BCUT2D eigenvalue weighted by Crippen LogP contribution is 2.49. The van der Waals surface area contributed by atoms with Gasteiger partial charge in [-0.25, -0.2) is 0 Å². The molecule has 2 aliphatic heterocycles. The first kappa shape index (κ1) is 15.3. The van der Waals surface area contributed by atoms with Crippen molar-refractivity contribution in [3.63, 3.8) is 0 Å². The lowest BCUT2D eigenvalue weighted by molar-refractivity contribution is 0.470. The molecule has 0 saturated heterocycles. The molecule has 0 radical (unpaired) electrons. The molecule has 0 aliphatic carbocycles. The van der Waals surface area contributed by atoms with Crippen LogP contribution in [0.1, 0.15) is 62.8 Å². The van der Waals surface area contributed by atoms with Crippen LogP contribution in [-0.4, -0.2) is 0 Å². The number of ether oxygens (including phenoxy) is 2. The van der Waals surface area contributed by atoms with Crippen LogP contribution in [0.5, 0.6) is 11.5 Å². The lowest BCUT2D eigenvalue weighted by Crippen LogP contribution is -2.08. The molecule has 0 fully saturated rings. The van der Waals surface area contributed by atoms with Gasteiger partial charge in [0.1, 0.15) is 11.5 Å². The molecule has 2 heterocycles. The van der Waals surface area contributed by atoms with Crippen LogP contribution in [0.15, 0.2) is 24.7 Å². The van der Waals surface area contributed by atoms with Crippen LogP contribution in [0.3, 0.4) is 0 Å². The summed E-state index contributed by atoms with van der Waals surface area (Å²) in [6.07, 6.45) is 8.09. The van der Waals surface area contributed by atoms with Crippen LogP contribution >= 0.6 is 0 Å². The quantitative estimate of drug-likeness (QED) is 0.662. The van der Waals surface area contributed by atoms with Gasteiger partial charge in [0.05, 0.1) is 12.5 Å². The zero-order chi connectivity index (χ0) is 16.8. The van der Waals surface area contributed by atoms with Crippen LogP contribution in [0, 0.1) is 0 Å². The van der Waals surface area contributed by atoms with Gasteiger partial charge in [-0.05, 0) is 72.2 Å². The summed E-state index contributed by atoms with van der Waals surface area (Å²) in [5.74, 6) is 2.05. The van der Waals surface area contributed by atoms with Crippen LogP contribution in [0.2, 0.25) is 0 Å². The fourth-order valence-electron chi connectivity index (χ4n) is 3.91. The summed E-state index contributed by atoms with van der Waals surface area (Å²) in [6.45, 7) is 8.70. The van der Waals surface area contributed by atoms with Crippen molar-refractivity contribution in [1.82, 2.24) is 0 Å². The van der Waals surface area contributed by atoms with Crippen molar-refractivity contribution in [2.75, 3.05) is 0 Å². The van der Waals surface area contributed by atoms with E-state index >= 15 is 0 Å². The zero-order valence-corrected chi connectivity index (χ0v) is 15.0. The molecule has 0 saturated carbocycles. The van der Waals surface area contributed by atoms with Crippen LogP contribution in [0.25, 0.3) is 21.9 Å². The molecule has 4 rings (SSSR count). The number of benzene rings is 2. The summed E-state index contributed by atoms with van der Waals surface area (Å²) in [7, 11) is 0. The van der Waals surface area contributed by atoms with Gasteiger partial charge in [0.2, 0.25) is 0 Å². The molecule has 0 atom stereocenters. The van der Waals surface area contributed by atoms with Crippen molar-refractivity contribution < 1.29 is 9.47 Å². The highest BCUT2D eigenvalue weighted by molar-refractivity contribution is 6.09. The SMILES string of the molecule is CCCc1cc2c3c(c(CCC)cc4c3c1OC=C4C)OC=C2C. The van der Waals surface area contributed by atoms with E-state index < -0.39 is 0 Å². The summed E-state index contributed by atoms with van der Waals surface area (Å²) in [4.78, 5) is 0. The largest absolute Gasteiger partial charge is 0.464 e. The van der Waals surface area contributed by atoms with Crippen LogP contribution in [0.4, 0.5) is 0 Å². The van der Waals surface area contributed by atoms with Gasteiger partial charge in [0.15, 0.2) is 0 Å². The molecule has 124 valence electrons. The Bertz CT molecular complexity index is 825. The first-order valence-corrected chi connectivity index (χ1v) is 8.98. The normalized spacial score (nSPS) is 14.8. The lowest BCUT2D eigenvalue weighted by atomic mass is 9.85. The van der Waals surface area contributed by atoms with Gasteiger partial charge in [-0.2, -0.15) is 0 Å². The van der Waals surface area contributed by atoms with Crippen LogP contribution in [-0.2, 0) is 12.8 Å². The third-order valence-corrected chi connectivity index (χ3v) is 5.06.